The summed E-state index contributed by atoms with van der Waals surface area (Å²) in [6, 6.07) is 7.42. The normalized spacial score (nSPS) is 15.6. The molecule has 2 aromatic rings. The molecule has 20 heavy (non-hydrogen) atoms. The first-order valence-electron chi connectivity index (χ1n) is 6.99. The van der Waals surface area contributed by atoms with E-state index in [1.54, 1.807) is 13.0 Å². The van der Waals surface area contributed by atoms with Gasteiger partial charge in [-0.1, -0.05) is 29.8 Å². The smallest absolute Gasteiger partial charge is 0.223 e. The first-order valence-corrected chi connectivity index (χ1v) is 6.99. The van der Waals surface area contributed by atoms with Gasteiger partial charge in [-0.2, -0.15) is 4.98 Å². The van der Waals surface area contributed by atoms with Crippen molar-refractivity contribution < 1.29 is 8.91 Å². The lowest BCUT2D eigenvalue weighted by Crippen LogP contribution is -2.39. The van der Waals surface area contributed by atoms with Crippen LogP contribution in [0.1, 0.15) is 36.5 Å². The van der Waals surface area contributed by atoms with Gasteiger partial charge in [0, 0.05) is 25.1 Å². The minimum absolute atomic E-state index is 0.152. The Kier molecular flexibility index (Phi) is 3.78. The van der Waals surface area contributed by atoms with E-state index >= 15 is 0 Å². The van der Waals surface area contributed by atoms with Gasteiger partial charge < -0.3 is 4.52 Å². The molecule has 0 bridgehead atoms. The minimum Gasteiger partial charge on any atom is -0.340 e. The standard InChI is InChI=1S/C15H18FN3O/c1-11-17-15(18-20-11)10-19(13-6-4-7-13)9-12-5-2-3-8-14(12)16/h2-3,5,8,13H,4,6-7,9-10H2,1H3. The van der Waals surface area contributed by atoms with Crippen molar-refractivity contribution >= 4 is 0 Å². The number of halogens is 1. The monoisotopic (exact) mass is 275 g/mol. The summed E-state index contributed by atoms with van der Waals surface area (Å²) in [5, 5.41) is 3.94. The first-order chi connectivity index (χ1) is 9.72. The maximum Gasteiger partial charge on any atom is 0.223 e. The van der Waals surface area contributed by atoms with Crippen LogP contribution < -0.4 is 0 Å². The number of hydrogen-bond acceptors (Lipinski definition) is 4. The van der Waals surface area contributed by atoms with Crippen LogP contribution in [0.5, 0.6) is 0 Å². The van der Waals surface area contributed by atoms with E-state index in [2.05, 4.69) is 15.0 Å². The summed E-state index contributed by atoms with van der Waals surface area (Å²) in [6.07, 6.45) is 3.56. The molecular weight excluding hydrogens is 257 g/mol. The van der Waals surface area contributed by atoms with E-state index in [0.29, 0.717) is 30.8 Å². The van der Waals surface area contributed by atoms with Gasteiger partial charge in [0.2, 0.25) is 5.89 Å². The second kappa shape index (κ2) is 5.71. The van der Waals surface area contributed by atoms with Crippen LogP contribution in [0.2, 0.25) is 0 Å². The van der Waals surface area contributed by atoms with Crippen LogP contribution in [-0.4, -0.2) is 21.1 Å². The Hall–Kier alpha value is -1.75. The third kappa shape index (κ3) is 2.88. The van der Waals surface area contributed by atoms with Crippen LogP contribution in [0, 0.1) is 12.7 Å². The summed E-state index contributed by atoms with van der Waals surface area (Å²) >= 11 is 0. The second-order valence-electron chi connectivity index (χ2n) is 5.31. The highest BCUT2D eigenvalue weighted by Crippen LogP contribution is 2.27. The van der Waals surface area contributed by atoms with Gasteiger partial charge in [-0.25, -0.2) is 4.39 Å². The topological polar surface area (TPSA) is 42.2 Å². The van der Waals surface area contributed by atoms with Crippen molar-refractivity contribution in [3.05, 3.63) is 47.4 Å². The molecule has 106 valence electrons. The molecule has 1 aliphatic carbocycles. The van der Waals surface area contributed by atoms with Crippen molar-refractivity contribution in [3.63, 3.8) is 0 Å². The molecule has 1 aromatic carbocycles. The van der Waals surface area contributed by atoms with Crippen LogP contribution in [0.15, 0.2) is 28.8 Å². The molecule has 0 unspecified atom stereocenters. The van der Waals surface area contributed by atoms with E-state index in [9.17, 15) is 4.39 Å². The Morgan fingerprint density at radius 2 is 2.10 bits per heavy atom. The Balaban J connectivity index is 1.74. The molecule has 1 fully saturated rings. The zero-order valence-corrected chi connectivity index (χ0v) is 11.6. The fourth-order valence-electron chi connectivity index (χ4n) is 2.50. The number of hydrogen-bond donors (Lipinski definition) is 0. The highest BCUT2D eigenvalue weighted by molar-refractivity contribution is 5.17. The predicted octanol–water partition coefficient (Wildman–Crippen LogP) is 3.07. The van der Waals surface area contributed by atoms with Crippen molar-refractivity contribution in [2.45, 2.75) is 45.3 Å². The van der Waals surface area contributed by atoms with Crippen molar-refractivity contribution in [2.75, 3.05) is 0 Å². The van der Waals surface area contributed by atoms with Gasteiger partial charge in [0.15, 0.2) is 5.82 Å². The molecule has 0 radical (unpaired) electrons. The number of aromatic nitrogens is 2. The molecule has 1 aromatic heterocycles. The second-order valence-corrected chi connectivity index (χ2v) is 5.31. The maximum absolute atomic E-state index is 13.8. The van der Waals surface area contributed by atoms with Gasteiger partial charge in [-0.15, -0.1) is 0 Å². The number of rotatable bonds is 5. The van der Waals surface area contributed by atoms with Gasteiger partial charge in [-0.05, 0) is 18.9 Å². The summed E-state index contributed by atoms with van der Waals surface area (Å²) in [6.45, 7) is 2.97. The molecule has 0 spiro atoms. The molecular formula is C15H18FN3O. The predicted molar refractivity (Wildman–Crippen MR) is 72.3 cm³/mol. The average molecular weight is 275 g/mol. The number of aryl methyl sites for hydroxylation is 1. The van der Waals surface area contributed by atoms with Crippen molar-refractivity contribution in [3.8, 4) is 0 Å². The van der Waals surface area contributed by atoms with Crippen LogP contribution in [0.4, 0.5) is 4.39 Å². The van der Waals surface area contributed by atoms with Crippen molar-refractivity contribution in [1.29, 1.82) is 0 Å². The van der Waals surface area contributed by atoms with E-state index in [1.807, 2.05) is 12.1 Å². The van der Waals surface area contributed by atoms with Crippen LogP contribution in [-0.2, 0) is 13.1 Å². The minimum atomic E-state index is -0.152. The summed E-state index contributed by atoms with van der Waals surface area (Å²) in [5.74, 6) is 1.09. The van der Waals surface area contributed by atoms with E-state index in [4.69, 9.17) is 4.52 Å². The van der Waals surface area contributed by atoms with E-state index in [1.165, 1.54) is 12.5 Å². The highest BCUT2D eigenvalue weighted by atomic mass is 19.1. The average Bonchev–Trinajstić information content (AvgIpc) is 2.75. The molecule has 1 saturated carbocycles. The Morgan fingerprint density at radius 1 is 1.30 bits per heavy atom. The number of benzene rings is 1. The van der Waals surface area contributed by atoms with Gasteiger partial charge in [0.1, 0.15) is 5.82 Å². The quantitative estimate of drug-likeness (QED) is 0.841. The zero-order valence-electron chi connectivity index (χ0n) is 11.6. The summed E-state index contributed by atoms with van der Waals surface area (Å²) in [4.78, 5) is 6.48. The van der Waals surface area contributed by atoms with Crippen molar-refractivity contribution in [2.24, 2.45) is 0 Å². The summed E-state index contributed by atoms with van der Waals surface area (Å²) < 4.78 is 18.8. The molecule has 0 amide bonds. The van der Waals surface area contributed by atoms with Gasteiger partial charge >= 0.3 is 0 Å². The Bertz CT molecular complexity index is 580. The lowest BCUT2D eigenvalue weighted by Gasteiger charge is -2.37. The molecule has 1 aliphatic rings. The van der Waals surface area contributed by atoms with Crippen LogP contribution in [0.3, 0.4) is 0 Å². The molecule has 0 aliphatic heterocycles. The molecule has 4 nitrogen and oxygen atoms in total. The molecule has 0 N–H and O–H groups in total. The fraction of sp³-hybridized carbons (Fsp3) is 0.467. The third-order valence-corrected chi connectivity index (χ3v) is 3.84. The van der Waals surface area contributed by atoms with Gasteiger partial charge in [0.05, 0.1) is 6.54 Å². The molecule has 0 saturated heterocycles. The maximum atomic E-state index is 13.8. The fourth-order valence-corrected chi connectivity index (χ4v) is 2.50. The Morgan fingerprint density at radius 3 is 2.70 bits per heavy atom. The zero-order chi connectivity index (χ0) is 13.9. The third-order valence-electron chi connectivity index (χ3n) is 3.84. The van der Waals surface area contributed by atoms with Crippen LogP contribution in [0.25, 0.3) is 0 Å². The molecule has 0 atom stereocenters. The molecule has 3 rings (SSSR count). The summed E-state index contributed by atoms with van der Waals surface area (Å²) in [5.41, 5.74) is 0.722. The SMILES string of the molecule is Cc1nc(CN(Cc2ccccc2F)C2CCC2)no1. The van der Waals surface area contributed by atoms with E-state index in [-0.39, 0.29) is 5.82 Å². The lowest BCUT2D eigenvalue weighted by molar-refractivity contribution is 0.106. The number of nitrogens with zero attached hydrogens (tertiary/aromatic N) is 3. The largest absolute Gasteiger partial charge is 0.340 e. The van der Waals surface area contributed by atoms with E-state index < -0.39 is 0 Å². The van der Waals surface area contributed by atoms with Gasteiger partial charge in [0.25, 0.3) is 0 Å². The van der Waals surface area contributed by atoms with Crippen molar-refractivity contribution in [1.82, 2.24) is 15.0 Å². The Labute approximate surface area is 117 Å². The summed E-state index contributed by atoms with van der Waals surface area (Å²) in [7, 11) is 0. The highest BCUT2D eigenvalue weighted by Gasteiger charge is 2.26. The van der Waals surface area contributed by atoms with E-state index in [0.717, 1.165) is 18.4 Å². The first kappa shape index (κ1) is 13.2. The van der Waals surface area contributed by atoms with Crippen LogP contribution >= 0.6 is 0 Å². The molecule has 5 heteroatoms. The lowest BCUT2D eigenvalue weighted by atomic mass is 9.91. The molecule has 1 heterocycles. The van der Waals surface area contributed by atoms with Gasteiger partial charge in [-0.3, -0.25) is 4.90 Å².